The Bertz CT molecular complexity index is 740. The van der Waals surface area contributed by atoms with Crippen LogP contribution in [0.2, 0.25) is 0 Å². The summed E-state index contributed by atoms with van der Waals surface area (Å²) in [5.41, 5.74) is 2.19. The maximum atomic E-state index is 12.4. The number of ether oxygens (including phenoxy) is 1. The monoisotopic (exact) mass is 313 g/mol. The van der Waals surface area contributed by atoms with E-state index >= 15 is 0 Å². The van der Waals surface area contributed by atoms with Gasteiger partial charge in [0, 0.05) is 45.1 Å². The van der Waals surface area contributed by atoms with Crippen LogP contribution >= 0.6 is 0 Å². The summed E-state index contributed by atoms with van der Waals surface area (Å²) < 4.78 is 5.44. The van der Waals surface area contributed by atoms with Crippen molar-refractivity contribution in [1.29, 1.82) is 0 Å². The molecule has 2 aromatic heterocycles. The average molecular weight is 313 g/mol. The second kappa shape index (κ2) is 6.17. The molecular formula is C16H19N5O2. The molecule has 4 heterocycles. The third-order valence-electron chi connectivity index (χ3n) is 4.49. The molecule has 2 aliphatic heterocycles. The van der Waals surface area contributed by atoms with Crippen LogP contribution in [0, 0.1) is 5.92 Å². The van der Waals surface area contributed by atoms with E-state index in [1.807, 2.05) is 0 Å². The van der Waals surface area contributed by atoms with E-state index < -0.39 is 0 Å². The van der Waals surface area contributed by atoms with Crippen LogP contribution in [0.1, 0.15) is 17.7 Å². The molecule has 2 aromatic rings. The first kappa shape index (κ1) is 14.5. The molecule has 0 amide bonds. The molecule has 4 rings (SSSR count). The van der Waals surface area contributed by atoms with E-state index in [0.717, 1.165) is 50.4 Å². The zero-order valence-corrected chi connectivity index (χ0v) is 12.9. The molecule has 1 atom stereocenters. The number of aromatic amines is 1. The number of hydrogen-bond acceptors (Lipinski definition) is 6. The molecule has 23 heavy (non-hydrogen) atoms. The van der Waals surface area contributed by atoms with Crippen LogP contribution in [-0.2, 0) is 17.7 Å². The summed E-state index contributed by atoms with van der Waals surface area (Å²) in [7, 11) is 0. The number of aromatic nitrogens is 4. The Morgan fingerprint density at radius 2 is 2.35 bits per heavy atom. The number of hydrogen-bond donors (Lipinski definition) is 1. The molecule has 0 radical (unpaired) electrons. The normalized spacial score (nSPS) is 21.3. The van der Waals surface area contributed by atoms with Crippen molar-refractivity contribution in [2.24, 2.45) is 5.92 Å². The molecular weight excluding hydrogens is 294 g/mol. The van der Waals surface area contributed by atoms with Crippen molar-refractivity contribution in [3.05, 3.63) is 40.2 Å². The van der Waals surface area contributed by atoms with Crippen LogP contribution in [0.25, 0.3) is 11.5 Å². The SMILES string of the molecule is O=c1[nH]c(-c2cnccn2)nc2c1CN(C[C@H]1CCOC1)CC2. The highest BCUT2D eigenvalue weighted by molar-refractivity contribution is 5.47. The number of H-pyrrole nitrogens is 1. The van der Waals surface area contributed by atoms with E-state index in [2.05, 4.69) is 24.8 Å². The van der Waals surface area contributed by atoms with Crippen molar-refractivity contribution in [2.45, 2.75) is 19.4 Å². The molecule has 0 saturated carbocycles. The van der Waals surface area contributed by atoms with Crippen LogP contribution in [-0.4, -0.2) is 51.1 Å². The van der Waals surface area contributed by atoms with Gasteiger partial charge in [-0.15, -0.1) is 0 Å². The van der Waals surface area contributed by atoms with Gasteiger partial charge >= 0.3 is 0 Å². The minimum Gasteiger partial charge on any atom is -0.381 e. The zero-order valence-electron chi connectivity index (χ0n) is 12.9. The van der Waals surface area contributed by atoms with Gasteiger partial charge in [-0.2, -0.15) is 0 Å². The number of rotatable bonds is 3. The second-order valence-corrected chi connectivity index (χ2v) is 6.15. The van der Waals surface area contributed by atoms with Gasteiger partial charge in [0.15, 0.2) is 5.82 Å². The van der Waals surface area contributed by atoms with E-state index in [-0.39, 0.29) is 5.56 Å². The molecule has 0 aromatic carbocycles. The van der Waals surface area contributed by atoms with Gasteiger partial charge in [-0.1, -0.05) is 0 Å². The largest absolute Gasteiger partial charge is 0.381 e. The van der Waals surface area contributed by atoms with Crippen molar-refractivity contribution in [1.82, 2.24) is 24.8 Å². The topological polar surface area (TPSA) is 84.0 Å². The Kier molecular flexibility index (Phi) is 3.88. The van der Waals surface area contributed by atoms with Crippen molar-refractivity contribution in [3.63, 3.8) is 0 Å². The Morgan fingerprint density at radius 3 is 3.13 bits per heavy atom. The molecule has 7 heteroatoms. The Morgan fingerprint density at radius 1 is 1.39 bits per heavy atom. The molecule has 1 saturated heterocycles. The lowest BCUT2D eigenvalue weighted by Gasteiger charge is -2.29. The highest BCUT2D eigenvalue weighted by Crippen LogP contribution is 2.20. The van der Waals surface area contributed by atoms with Crippen LogP contribution in [0.5, 0.6) is 0 Å². The third kappa shape index (κ3) is 3.02. The average Bonchev–Trinajstić information content (AvgIpc) is 3.09. The lowest BCUT2D eigenvalue weighted by atomic mass is 10.0. The van der Waals surface area contributed by atoms with E-state index in [0.29, 0.717) is 24.0 Å². The quantitative estimate of drug-likeness (QED) is 0.894. The summed E-state index contributed by atoms with van der Waals surface area (Å²) in [5, 5.41) is 0. The summed E-state index contributed by atoms with van der Waals surface area (Å²) in [6.45, 7) is 4.28. The summed E-state index contributed by atoms with van der Waals surface area (Å²) in [4.78, 5) is 30.5. The summed E-state index contributed by atoms with van der Waals surface area (Å²) >= 11 is 0. The van der Waals surface area contributed by atoms with Gasteiger partial charge in [0.1, 0.15) is 5.69 Å². The second-order valence-electron chi connectivity index (χ2n) is 6.15. The van der Waals surface area contributed by atoms with Crippen molar-refractivity contribution < 1.29 is 4.74 Å². The van der Waals surface area contributed by atoms with Gasteiger partial charge in [0.2, 0.25) is 0 Å². The molecule has 0 unspecified atom stereocenters. The van der Waals surface area contributed by atoms with Gasteiger partial charge in [-0.05, 0) is 12.3 Å². The summed E-state index contributed by atoms with van der Waals surface area (Å²) in [5.74, 6) is 1.09. The lowest BCUT2D eigenvalue weighted by Crippen LogP contribution is -2.38. The van der Waals surface area contributed by atoms with Crippen LogP contribution in [0.4, 0.5) is 0 Å². The molecule has 7 nitrogen and oxygen atoms in total. The van der Waals surface area contributed by atoms with E-state index in [1.54, 1.807) is 18.6 Å². The molecule has 0 spiro atoms. The molecule has 2 aliphatic rings. The lowest BCUT2D eigenvalue weighted by molar-refractivity contribution is 0.161. The molecule has 120 valence electrons. The van der Waals surface area contributed by atoms with E-state index in [4.69, 9.17) is 4.74 Å². The minimum atomic E-state index is -0.0666. The molecule has 1 fully saturated rings. The maximum absolute atomic E-state index is 12.4. The highest BCUT2D eigenvalue weighted by Gasteiger charge is 2.25. The number of nitrogens with one attached hydrogen (secondary N) is 1. The predicted octanol–water partition coefficient (Wildman–Crippen LogP) is 0.621. The van der Waals surface area contributed by atoms with Gasteiger partial charge in [0.05, 0.1) is 24.1 Å². The van der Waals surface area contributed by atoms with Crippen LogP contribution in [0.15, 0.2) is 23.4 Å². The standard InChI is InChI=1S/C16H19N5O2/c22-16-12-9-21(8-11-2-6-23-10-11)5-1-13(12)19-15(20-16)14-7-17-3-4-18-14/h3-4,7,11H,1-2,5-6,8-10H2,(H,19,20,22)/t11-/m1/s1. The maximum Gasteiger partial charge on any atom is 0.255 e. The highest BCUT2D eigenvalue weighted by atomic mass is 16.5. The minimum absolute atomic E-state index is 0.0666. The van der Waals surface area contributed by atoms with Crippen molar-refractivity contribution in [3.8, 4) is 11.5 Å². The van der Waals surface area contributed by atoms with E-state index in [1.165, 1.54) is 0 Å². The van der Waals surface area contributed by atoms with Gasteiger partial charge in [0.25, 0.3) is 5.56 Å². The Labute approximate surface area is 133 Å². The molecule has 0 aliphatic carbocycles. The Hall–Kier alpha value is -2.12. The summed E-state index contributed by atoms with van der Waals surface area (Å²) in [6, 6.07) is 0. The van der Waals surface area contributed by atoms with Gasteiger partial charge in [-0.25, -0.2) is 9.97 Å². The van der Waals surface area contributed by atoms with Crippen LogP contribution in [0.3, 0.4) is 0 Å². The summed E-state index contributed by atoms with van der Waals surface area (Å²) in [6.07, 6.45) is 6.72. The Balaban J connectivity index is 1.57. The fraction of sp³-hybridized carbons (Fsp3) is 0.500. The van der Waals surface area contributed by atoms with Gasteiger partial charge < -0.3 is 9.72 Å². The number of fused-ring (bicyclic) bond motifs is 1. The smallest absolute Gasteiger partial charge is 0.255 e. The molecule has 1 N–H and O–H groups in total. The van der Waals surface area contributed by atoms with Crippen molar-refractivity contribution >= 4 is 0 Å². The third-order valence-corrected chi connectivity index (χ3v) is 4.49. The van der Waals surface area contributed by atoms with Crippen LogP contribution < -0.4 is 5.56 Å². The van der Waals surface area contributed by atoms with E-state index in [9.17, 15) is 4.79 Å². The predicted molar refractivity (Wildman–Crippen MR) is 83.8 cm³/mol. The fourth-order valence-corrected chi connectivity index (χ4v) is 3.27. The molecule has 0 bridgehead atoms. The first-order valence-electron chi connectivity index (χ1n) is 7.98. The van der Waals surface area contributed by atoms with Gasteiger partial charge in [-0.3, -0.25) is 14.7 Å². The first-order chi connectivity index (χ1) is 11.3. The number of nitrogens with zero attached hydrogens (tertiary/aromatic N) is 4. The zero-order chi connectivity index (χ0) is 15.6. The first-order valence-corrected chi connectivity index (χ1v) is 7.98. The fourth-order valence-electron chi connectivity index (χ4n) is 3.27. The van der Waals surface area contributed by atoms with Crippen molar-refractivity contribution in [2.75, 3.05) is 26.3 Å².